The lowest BCUT2D eigenvalue weighted by atomic mass is 9.36. The van der Waals surface area contributed by atoms with E-state index >= 15 is 0 Å². The Morgan fingerprint density at radius 3 is 1.69 bits per heavy atom. The quantitative estimate of drug-likeness (QED) is 0.153. The number of nitrogens with zero attached hydrogens (tertiary/aromatic N) is 2. The van der Waals surface area contributed by atoms with E-state index in [1.807, 2.05) is 11.3 Å². The van der Waals surface area contributed by atoms with Gasteiger partial charge in [0.25, 0.3) is 6.71 Å². The van der Waals surface area contributed by atoms with Crippen LogP contribution in [-0.2, 0) is 16.2 Å². The largest absolute Gasteiger partial charge is 0.311 e. The highest BCUT2D eigenvalue weighted by atomic mass is 32.1. The van der Waals surface area contributed by atoms with Gasteiger partial charge in [-0.05, 0) is 196 Å². The van der Waals surface area contributed by atoms with Gasteiger partial charge < -0.3 is 9.80 Å². The summed E-state index contributed by atoms with van der Waals surface area (Å²) in [5.41, 5.74) is 27.2. The maximum absolute atomic E-state index is 2.82. The summed E-state index contributed by atoms with van der Waals surface area (Å²) >= 11 is 2.04. The molecule has 12 rings (SSSR count). The number of thiophene rings is 1. The predicted octanol–water partition coefficient (Wildman–Crippen LogP) is 19.2. The minimum Gasteiger partial charge on any atom is -0.311 e. The molecule has 2 aliphatic heterocycles. The first kappa shape index (κ1) is 50.0. The van der Waals surface area contributed by atoms with Gasteiger partial charge in [-0.25, -0.2) is 0 Å². The summed E-state index contributed by atoms with van der Waals surface area (Å²) in [7, 11) is 0. The molecule has 0 radical (unpaired) electrons. The Bertz CT molecular complexity index is 3480. The van der Waals surface area contributed by atoms with Crippen LogP contribution in [0.5, 0.6) is 0 Å². The van der Waals surface area contributed by atoms with E-state index in [9.17, 15) is 0 Å². The van der Waals surface area contributed by atoms with Gasteiger partial charge in [0.05, 0.1) is 11.4 Å². The molecular weight excluding hydrogens is 924 g/mol. The van der Waals surface area contributed by atoms with Gasteiger partial charge in [-0.3, -0.25) is 0 Å². The molecule has 0 unspecified atom stereocenters. The maximum Gasteiger partial charge on any atom is 0.264 e. The molecule has 0 atom stereocenters. The van der Waals surface area contributed by atoms with Gasteiger partial charge in [0, 0.05) is 43.2 Å². The summed E-state index contributed by atoms with van der Waals surface area (Å²) in [6, 6.07) is 51.7. The third-order valence-electron chi connectivity index (χ3n) is 18.0. The van der Waals surface area contributed by atoms with E-state index in [4.69, 9.17) is 0 Å². The molecule has 4 aliphatic rings. The number of hydrogen-bond acceptors (Lipinski definition) is 3. The van der Waals surface area contributed by atoms with E-state index in [2.05, 4.69) is 220 Å². The van der Waals surface area contributed by atoms with Crippen LogP contribution < -0.4 is 25.5 Å². The van der Waals surface area contributed by atoms with Crippen molar-refractivity contribution in [1.29, 1.82) is 0 Å². The second kappa shape index (κ2) is 18.7. The average Bonchev–Trinajstić information content (AvgIpc) is 3.80. The molecule has 382 valence electrons. The summed E-state index contributed by atoms with van der Waals surface area (Å²) in [6.45, 7) is 28.3. The SMILES string of the molecule is Cc1cc(C)c(-c2cc(C3CCCCC3)ccc2N2c3cc(C4CCCCC4)cc4c3B(c3cc(C(C)(C)C)ccc3N4c3ccc(-c4cccc(C(C)(C)C)c4)cc3)c3sc4ccc(C(C)(C)C)cc4c32)c(C)c1. The van der Waals surface area contributed by atoms with Crippen LogP contribution in [-0.4, -0.2) is 6.71 Å². The van der Waals surface area contributed by atoms with Crippen LogP contribution in [0.4, 0.5) is 34.1 Å². The highest BCUT2D eigenvalue weighted by Gasteiger charge is 2.47. The highest BCUT2D eigenvalue weighted by Crippen LogP contribution is 2.53. The standard InChI is InChI=1S/C71H79BN2S/c1-44-36-45(2)65(46(3)37-44)57-39-51(47-20-15-13-16-21-47)28-33-60(57)74-63-41-52(48-22-17-14-18-23-48)40-62-66(63)72(68-67(74)58-42-54(70(7,8)9)30-35-64(58)75-68)59-43-55(71(10,11)12)29-34-61(59)73(62)56-31-26-49(27-32-56)50-24-19-25-53(38-50)69(4,5)6/h19,24-43,47-48H,13-18,20-23H2,1-12H3. The molecular formula is C71H79BN2S. The Morgan fingerprint density at radius 1 is 0.480 bits per heavy atom. The lowest BCUT2D eigenvalue weighted by Gasteiger charge is -2.45. The minimum absolute atomic E-state index is 0.00481. The van der Waals surface area contributed by atoms with E-state index in [-0.39, 0.29) is 23.0 Å². The Morgan fingerprint density at radius 2 is 1.05 bits per heavy atom. The molecule has 0 spiro atoms. The first-order chi connectivity index (χ1) is 35.8. The molecule has 2 saturated carbocycles. The van der Waals surface area contributed by atoms with Crippen molar-refractivity contribution < 1.29 is 0 Å². The van der Waals surface area contributed by atoms with Gasteiger partial charge in [0.15, 0.2) is 0 Å². The van der Waals surface area contributed by atoms with E-state index in [0.717, 1.165) is 0 Å². The average molecular weight is 1000 g/mol. The van der Waals surface area contributed by atoms with Crippen LogP contribution in [0.15, 0.2) is 127 Å². The van der Waals surface area contributed by atoms with E-state index < -0.39 is 0 Å². The summed E-state index contributed by atoms with van der Waals surface area (Å²) in [5.74, 6) is 1.10. The van der Waals surface area contributed by atoms with Crippen molar-refractivity contribution in [3.05, 3.63) is 172 Å². The smallest absolute Gasteiger partial charge is 0.264 e. The Hall–Kier alpha value is -5.84. The van der Waals surface area contributed by atoms with Crippen molar-refractivity contribution in [2.24, 2.45) is 0 Å². The fourth-order valence-corrected chi connectivity index (χ4v) is 15.2. The lowest BCUT2D eigenvalue weighted by Crippen LogP contribution is -2.60. The Balaban J connectivity index is 1.18. The fourth-order valence-electron chi connectivity index (χ4n) is 13.9. The number of benzene rings is 7. The summed E-state index contributed by atoms with van der Waals surface area (Å²) in [6.07, 6.45) is 12.9. The van der Waals surface area contributed by atoms with Crippen molar-refractivity contribution in [2.45, 2.75) is 175 Å². The van der Waals surface area contributed by atoms with Crippen LogP contribution in [0.3, 0.4) is 0 Å². The molecule has 4 heteroatoms. The molecule has 8 aromatic rings. The molecule has 0 saturated heterocycles. The lowest BCUT2D eigenvalue weighted by molar-refractivity contribution is 0.443. The molecule has 7 aromatic carbocycles. The molecule has 3 heterocycles. The number of fused-ring (bicyclic) bond motifs is 6. The molecule has 0 bridgehead atoms. The van der Waals surface area contributed by atoms with Gasteiger partial charge in [-0.15, -0.1) is 11.3 Å². The molecule has 75 heavy (non-hydrogen) atoms. The summed E-state index contributed by atoms with van der Waals surface area (Å²) < 4.78 is 2.82. The first-order valence-electron chi connectivity index (χ1n) is 28.7. The van der Waals surface area contributed by atoms with Crippen LogP contribution >= 0.6 is 11.3 Å². The fraction of sp³-hybridized carbons (Fsp3) is 0.380. The van der Waals surface area contributed by atoms with Crippen LogP contribution in [0.25, 0.3) is 32.3 Å². The zero-order chi connectivity index (χ0) is 52.3. The normalized spacial score (nSPS) is 16.3. The van der Waals surface area contributed by atoms with Crippen LogP contribution in [0, 0.1) is 20.8 Å². The summed E-state index contributed by atoms with van der Waals surface area (Å²) in [5, 5.41) is 1.37. The second-order valence-corrected chi connectivity index (χ2v) is 27.6. The van der Waals surface area contributed by atoms with E-state index in [1.165, 1.54) is 191 Å². The van der Waals surface area contributed by atoms with Crippen molar-refractivity contribution in [1.82, 2.24) is 0 Å². The van der Waals surface area contributed by atoms with Crippen molar-refractivity contribution in [2.75, 3.05) is 9.80 Å². The van der Waals surface area contributed by atoms with Crippen LogP contribution in [0.2, 0.25) is 0 Å². The number of rotatable bonds is 6. The first-order valence-corrected chi connectivity index (χ1v) is 29.6. The van der Waals surface area contributed by atoms with Gasteiger partial charge in [0.1, 0.15) is 0 Å². The van der Waals surface area contributed by atoms with E-state index in [0.29, 0.717) is 11.8 Å². The molecule has 2 aliphatic carbocycles. The third kappa shape index (κ3) is 8.89. The van der Waals surface area contributed by atoms with Gasteiger partial charge in [-0.1, -0.05) is 179 Å². The maximum atomic E-state index is 2.82. The Labute approximate surface area is 454 Å². The third-order valence-corrected chi connectivity index (χ3v) is 19.2. The monoisotopic (exact) mass is 1000 g/mol. The number of anilines is 6. The van der Waals surface area contributed by atoms with Gasteiger partial charge in [0.2, 0.25) is 0 Å². The molecule has 1 aromatic heterocycles. The molecule has 0 amide bonds. The van der Waals surface area contributed by atoms with Gasteiger partial charge >= 0.3 is 0 Å². The van der Waals surface area contributed by atoms with Crippen LogP contribution in [0.1, 0.15) is 183 Å². The minimum atomic E-state index is -0.0267. The molecule has 2 fully saturated rings. The van der Waals surface area contributed by atoms with Crippen molar-refractivity contribution >= 4 is 78.0 Å². The highest BCUT2D eigenvalue weighted by molar-refractivity contribution is 7.33. The zero-order valence-corrected chi connectivity index (χ0v) is 48.0. The predicted molar refractivity (Wildman–Crippen MR) is 329 cm³/mol. The molecule has 2 nitrogen and oxygen atoms in total. The molecule has 0 N–H and O–H groups in total. The number of aryl methyl sites for hydroxylation is 3. The van der Waals surface area contributed by atoms with Crippen molar-refractivity contribution in [3.63, 3.8) is 0 Å². The van der Waals surface area contributed by atoms with Gasteiger partial charge in [-0.2, -0.15) is 0 Å². The zero-order valence-electron chi connectivity index (χ0n) is 47.2. The second-order valence-electron chi connectivity index (χ2n) is 26.5. The Kier molecular flexibility index (Phi) is 12.5. The topological polar surface area (TPSA) is 6.48 Å². The van der Waals surface area contributed by atoms with E-state index in [1.54, 1.807) is 0 Å². The van der Waals surface area contributed by atoms with Crippen molar-refractivity contribution in [3.8, 4) is 22.3 Å². The summed E-state index contributed by atoms with van der Waals surface area (Å²) in [4.78, 5) is 5.50. The number of hydrogen-bond donors (Lipinski definition) is 0.